The van der Waals surface area contributed by atoms with Crippen LogP contribution in [0, 0.1) is 0 Å². The van der Waals surface area contributed by atoms with E-state index in [2.05, 4.69) is 22.4 Å². The molecule has 0 spiro atoms. The van der Waals surface area contributed by atoms with Crippen LogP contribution in [0.5, 0.6) is 5.75 Å². The van der Waals surface area contributed by atoms with Gasteiger partial charge in [-0.1, -0.05) is 13.3 Å². The van der Waals surface area contributed by atoms with E-state index in [9.17, 15) is 4.79 Å². The number of hydrogen-bond donors (Lipinski definition) is 1. The zero-order valence-corrected chi connectivity index (χ0v) is 12.2. The molecular formula is C15H19N3O3. The molecule has 1 amide bonds. The first-order valence-electron chi connectivity index (χ1n) is 6.97. The first-order chi connectivity index (χ1) is 10.2. The molecule has 0 aliphatic rings. The third kappa shape index (κ3) is 4.59. The molecule has 0 bridgehead atoms. The van der Waals surface area contributed by atoms with Crippen molar-refractivity contribution < 1.29 is 13.9 Å². The molecular weight excluding hydrogens is 270 g/mol. The maximum absolute atomic E-state index is 11.7. The summed E-state index contributed by atoms with van der Waals surface area (Å²) in [5, 5.41) is 10.3. The quantitative estimate of drug-likeness (QED) is 0.847. The number of carbonyl (C=O) groups is 1. The first kappa shape index (κ1) is 15.0. The highest BCUT2D eigenvalue weighted by Crippen LogP contribution is 2.20. The van der Waals surface area contributed by atoms with Crippen LogP contribution in [0.15, 0.2) is 35.1 Å². The Morgan fingerprint density at radius 3 is 2.76 bits per heavy atom. The topological polar surface area (TPSA) is 77.2 Å². The minimum atomic E-state index is -0.114. The monoisotopic (exact) mass is 289 g/mol. The minimum Gasteiger partial charge on any atom is -0.484 e. The van der Waals surface area contributed by atoms with Crippen LogP contribution in [0.3, 0.4) is 0 Å². The van der Waals surface area contributed by atoms with E-state index in [1.165, 1.54) is 6.39 Å². The number of amides is 1. The molecule has 0 radical (unpaired) electrons. The molecule has 1 aromatic carbocycles. The predicted octanol–water partition coefficient (Wildman–Crippen LogP) is 2.42. The Morgan fingerprint density at radius 1 is 1.38 bits per heavy atom. The summed E-state index contributed by atoms with van der Waals surface area (Å²) in [4.78, 5) is 11.7. The second-order valence-corrected chi connectivity index (χ2v) is 4.81. The number of ether oxygens (including phenoxy) is 1. The summed E-state index contributed by atoms with van der Waals surface area (Å²) in [6.45, 7) is 4.08. The summed E-state index contributed by atoms with van der Waals surface area (Å²) in [6, 6.07) is 7.32. The summed E-state index contributed by atoms with van der Waals surface area (Å²) >= 11 is 0. The molecule has 1 aromatic heterocycles. The van der Waals surface area contributed by atoms with E-state index >= 15 is 0 Å². The molecule has 0 aliphatic carbocycles. The van der Waals surface area contributed by atoms with Gasteiger partial charge in [-0.2, -0.15) is 0 Å². The van der Waals surface area contributed by atoms with E-state index in [0.717, 1.165) is 18.4 Å². The Hall–Kier alpha value is -2.37. The average molecular weight is 289 g/mol. The Balaban J connectivity index is 1.82. The summed E-state index contributed by atoms with van der Waals surface area (Å²) in [5.74, 6) is 0.959. The van der Waals surface area contributed by atoms with E-state index < -0.39 is 0 Å². The van der Waals surface area contributed by atoms with Crippen molar-refractivity contribution in [3.8, 4) is 17.2 Å². The molecule has 1 atom stereocenters. The predicted molar refractivity (Wildman–Crippen MR) is 77.7 cm³/mol. The Morgan fingerprint density at radius 2 is 2.14 bits per heavy atom. The second kappa shape index (κ2) is 7.42. The fourth-order valence-corrected chi connectivity index (χ4v) is 1.96. The van der Waals surface area contributed by atoms with Crippen LogP contribution in [-0.4, -0.2) is 28.8 Å². The van der Waals surface area contributed by atoms with E-state index in [4.69, 9.17) is 9.15 Å². The van der Waals surface area contributed by atoms with Crippen LogP contribution >= 0.6 is 0 Å². The number of benzene rings is 1. The lowest BCUT2D eigenvalue weighted by molar-refractivity contribution is -0.123. The van der Waals surface area contributed by atoms with Crippen LogP contribution in [0.25, 0.3) is 11.5 Å². The smallest absolute Gasteiger partial charge is 0.258 e. The lowest BCUT2D eigenvalue weighted by Gasteiger charge is -2.13. The highest BCUT2D eigenvalue weighted by atomic mass is 16.5. The summed E-state index contributed by atoms with van der Waals surface area (Å²) in [7, 11) is 0. The van der Waals surface area contributed by atoms with Gasteiger partial charge >= 0.3 is 0 Å². The van der Waals surface area contributed by atoms with Crippen LogP contribution in [0.2, 0.25) is 0 Å². The van der Waals surface area contributed by atoms with Crippen molar-refractivity contribution in [2.75, 3.05) is 6.61 Å². The van der Waals surface area contributed by atoms with Crippen LogP contribution in [0.4, 0.5) is 0 Å². The fraction of sp³-hybridized carbons (Fsp3) is 0.400. The number of carbonyl (C=O) groups excluding carboxylic acids is 1. The molecule has 1 N–H and O–H groups in total. The van der Waals surface area contributed by atoms with Gasteiger partial charge in [0, 0.05) is 11.6 Å². The molecule has 0 fully saturated rings. The Labute approximate surface area is 123 Å². The van der Waals surface area contributed by atoms with E-state index in [1.54, 1.807) is 24.3 Å². The van der Waals surface area contributed by atoms with E-state index in [-0.39, 0.29) is 18.6 Å². The highest BCUT2D eigenvalue weighted by molar-refractivity contribution is 5.77. The van der Waals surface area contributed by atoms with Gasteiger partial charge < -0.3 is 14.5 Å². The lowest BCUT2D eigenvalue weighted by atomic mass is 10.2. The van der Waals surface area contributed by atoms with Gasteiger partial charge in [0.05, 0.1) is 0 Å². The minimum absolute atomic E-state index is 0.00790. The third-order valence-electron chi connectivity index (χ3n) is 2.96. The standard InChI is InChI=1S/C15H19N3O3/c1-3-4-11(2)17-14(19)9-20-13-7-5-12(6-8-13)15-18-16-10-21-15/h5-8,10-11H,3-4,9H2,1-2H3,(H,17,19)/t11-/m1/s1. The van der Waals surface area contributed by atoms with E-state index in [0.29, 0.717) is 11.6 Å². The van der Waals surface area contributed by atoms with E-state index in [1.807, 2.05) is 6.92 Å². The van der Waals surface area contributed by atoms with Crippen molar-refractivity contribution >= 4 is 5.91 Å². The summed E-state index contributed by atoms with van der Waals surface area (Å²) in [6.07, 6.45) is 3.28. The third-order valence-corrected chi connectivity index (χ3v) is 2.96. The molecule has 0 unspecified atom stereocenters. The zero-order valence-electron chi connectivity index (χ0n) is 12.2. The molecule has 6 heteroatoms. The SMILES string of the molecule is CCC[C@@H](C)NC(=O)COc1ccc(-c2nnco2)cc1. The molecule has 0 aliphatic heterocycles. The molecule has 1 heterocycles. The van der Waals surface area contributed by atoms with Crippen LogP contribution in [-0.2, 0) is 4.79 Å². The number of hydrogen-bond acceptors (Lipinski definition) is 5. The van der Waals surface area contributed by atoms with Crippen molar-refractivity contribution in [2.45, 2.75) is 32.7 Å². The normalized spacial score (nSPS) is 11.9. The molecule has 0 saturated heterocycles. The van der Waals surface area contributed by atoms with Crippen LogP contribution < -0.4 is 10.1 Å². The summed E-state index contributed by atoms with van der Waals surface area (Å²) < 4.78 is 10.5. The first-order valence-corrected chi connectivity index (χ1v) is 6.97. The molecule has 2 rings (SSSR count). The second-order valence-electron chi connectivity index (χ2n) is 4.81. The van der Waals surface area contributed by atoms with Gasteiger partial charge in [-0.25, -0.2) is 0 Å². The lowest BCUT2D eigenvalue weighted by Crippen LogP contribution is -2.35. The van der Waals surface area contributed by atoms with Gasteiger partial charge in [0.15, 0.2) is 6.61 Å². The van der Waals surface area contributed by atoms with Gasteiger partial charge in [-0.15, -0.1) is 10.2 Å². The molecule has 6 nitrogen and oxygen atoms in total. The Bertz CT molecular complexity index is 552. The van der Waals surface area contributed by atoms with Crippen molar-refractivity contribution in [1.29, 1.82) is 0 Å². The number of nitrogens with one attached hydrogen (secondary N) is 1. The molecule has 2 aromatic rings. The molecule has 0 saturated carbocycles. The van der Waals surface area contributed by atoms with Gasteiger partial charge in [0.1, 0.15) is 5.75 Å². The molecule has 21 heavy (non-hydrogen) atoms. The maximum Gasteiger partial charge on any atom is 0.258 e. The average Bonchev–Trinajstić information content (AvgIpc) is 3.00. The highest BCUT2D eigenvalue weighted by Gasteiger charge is 2.08. The van der Waals surface area contributed by atoms with Crippen molar-refractivity contribution in [2.24, 2.45) is 0 Å². The summed E-state index contributed by atoms with van der Waals surface area (Å²) in [5.41, 5.74) is 0.806. The largest absolute Gasteiger partial charge is 0.484 e. The van der Waals surface area contributed by atoms with Gasteiger partial charge in [-0.3, -0.25) is 4.79 Å². The molecule has 112 valence electrons. The Kier molecular flexibility index (Phi) is 5.31. The van der Waals surface area contributed by atoms with Gasteiger partial charge in [0.2, 0.25) is 12.3 Å². The number of nitrogens with zero attached hydrogens (tertiary/aromatic N) is 2. The maximum atomic E-state index is 11.7. The number of aromatic nitrogens is 2. The number of rotatable bonds is 7. The van der Waals surface area contributed by atoms with Gasteiger partial charge in [-0.05, 0) is 37.6 Å². The van der Waals surface area contributed by atoms with Crippen molar-refractivity contribution in [3.63, 3.8) is 0 Å². The van der Waals surface area contributed by atoms with Crippen LogP contribution in [0.1, 0.15) is 26.7 Å². The van der Waals surface area contributed by atoms with Crippen molar-refractivity contribution in [3.05, 3.63) is 30.7 Å². The fourth-order valence-electron chi connectivity index (χ4n) is 1.96. The van der Waals surface area contributed by atoms with Crippen molar-refractivity contribution in [1.82, 2.24) is 15.5 Å². The zero-order chi connectivity index (χ0) is 15.1. The van der Waals surface area contributed by atoms with Gasteiger partial charge in [0.25, 0.3) is 5.91 Å².